The van der Waals surface area contributed by atoms with Gasteiger partial charge < -0.3 is 18.6 Å². The molecule has 0 amide bonds. The molecule has 2 aromatic carbocycles. The van der Waals surface area contributed by atoms with Gasteiger partial charge in [-0.1, -0.05) is 39.3 Å². The first-order chi connectivity index (χ1) is 17.7. The second-order valence-corrected chi connectivity index (χ2v) is 9.42. The van der Waals surface area contributed by atoms with Crippen LogP contribution in [0.15, 0.2) is 59.5 Å². The molecule has 0 aliphatic heterocycles. The molecule has 1 fully saturated rings. The van der Waals surface area contributed by atoms with E-state index in [0.717, 1.165) is 42.7 Å². The number of benzene rings is 2. The van der Waals surface area contributed by atoms with E-state index in [1.54, 1.807) is 30.3 Å². The number of hydrogen-bond donors (Lipinski definition) is 0. The summed E-state index contributed by atoms with van der Waals surface area (Å²) in [5, 5.41) is 0.726. The van der Waals surface area contributed by atoms with E-state index >= 15 is 0 Å². The van der Waals surface area contributed by atoms with Crippen LogP contribution in [0.25, 0.3) is 22.3 Å². The molecule has 0 bridgehead atoms. The first-order valence-electron chi connectivity index (χ1n) is 12.6. The van der Waals surface area contributed by atoms with E-state index in [0.29, 0.717) is 24.2 Å². The molecule has 37 heavy (non-hydrogen) atoms. The van der Waals surface area contributed by atoms with E-state index in [4.69, 9.17) is 13.9 Å². The number of carbonyl (C=O) groups excluding carboxylic acids is 1. The Kier molecular flexibility index (Phi) is 8.15. The molecule has 4 rings (SSSR count). The predicted molar refractivity (Wildman–Crippen MR) is 134 cm³/mol. The number of aryl methyl sites for hydroxylation is 1. The van der Waals surface area contributed by atoms with Gasteiger partial charge in [-0.05, 0) is 61.6 Å². The monoisotopic (exact) mass is 516 g/mol. The summed E-state index contributed by atoms with van der Waals surface area (Å²) in [5.41, 5.74) is 1.50. The van der Waals surface area contributed by atoms with Crippen LogP contribution in [0.1, 0.15) is 51.5 Å². The molecule has 1 aliphatic carbocycles. The number of ether oxygens (including phenoxy) is 3. The van der Waals surface area contributed by atoms with Gasteiger partial charge in [0.25, 0.3) is 0 Å². The van der Waals surface area contributed by atoms with E-state index < -0.39 is 12.3 Å². The molecule has 3 unspecified atom stereocenters. The van der Waals surface area contributed by atoms with Crippen molar-refractivity contribution >= 4 is 16.9 Å². The lowest BCUT2D eigenvalue weighted by Gasteiger charge is -2.21. The van der Waals surface area contributed by atoms with Gasteiger partial charge in [-0.2, -0.15) is 0 Å². The smallest absolute Gasteiger partial charge is 0.490 e. The van der Waals surface area contributed by atoms with Crippen LogP contribution < -0.4 is 9.47 Å². The Balaban J connectivity index is 1.55. The number of rotatable bonds is 10. The van der Waals surface area contributed by atoms with Crippen molar-refractivity contribution in [3.63, 3.8) is 0 Å². The van der Waals surface area contributed by atoms with E-state index in [1.165, 1.54) is 6.07 Å². The van der Waals surface area contributed by atoms with Crippen LogP contribution in [0.4, 0.5) is 13.2 Å². The fourth-order valence-corrected chi connectivity index (χ4v) is 4.73. The lowest BCUT2D eigenvalue weighted by atomic mass is 10.0. The molecule has 3 aromatic rings. The molecule has 3 atom stereocenters. The SMILES string of the molecule is C=CC(=O)OC1CCC(Oc2ccc3cc(-c4ccc(CCCCC)cc4OC(F)(F)F)oc3c2)C1C. The summed E-state index contributed by atoms with van der Waals surface area (Å²) < 4.78 is 61.4. The van der Waals surface area contributed by atoms with Gasteiger partial charge >= 0.3 is 12.3 Å². The summed E-state index contributed by atoms with van der Waals surface area (Å²) in [4.78, 5) is 11.6. The number of furan rings is 1. The Bertz CT molecular complexity index is 1250. The van der Waals surface area contributed by atoms with Crippen molar-refractivity contribution in [3.8, 4) is 22.8 Å². The minimum atomic E-state index is -4.82. The number of alkyl halides is 3. The van der Waals surface area contributed by atoms with E-state index in [-0.39, 0.29) is 35.2 Å². The third-order valence-electron chi connectivity index (χ3n) is 6.73. The number of halogens is 3. The minimum absolute atomic E-state index is 0.00956. The highest BCUT2D eigenvalue weighted by atomic mass is 19.4. The highest BCUT2D eigenvalue weighted by Gasteiger charge is 2.37. The minimum Gasteiger partial charge on any atom is -0.490 e. The zero-order chi connectivity index (χ0) is 26.6. The van der Waals surface area contributed by atoms with Crippen LogP contribution in [0.2, 0.25) is 0 Å². The van der Waals surface area contributed by atoms with Crippen LogP contribution in [0, 0.1) is 5.92 Å². The second kappa shape index (κ2) is 11.3. The van der Waals surface area contributed by atoms with E-state index in [1.807, 2.05) is 13.0 Å². The van der Waals surface area contributed by atoms with Gasteiger partial charge in [0.05, 0.1) is 5.56 Å². The highest BCUT2D eigenvalue weighted by Crippen LogP contribution is 2.39. The summed E-state index contributed by atoms with van der Waals surface area (Å²) in [7, 11) is 0. The molecular weight excluding hydrogens is 485 g/mol. The van der Waals surface area contributed by atoms with Crippen molar-refractivity contribution in [2.75, 3.05) is 0 Å². The van der Waals surface area contributed by atoms with Gasteiger partial charge in [0, 0.05) is 23.4 Å². The van der Waals surface area contributed by atoms with E-state index in [9.17, 15) is 18.0 Å². The zero-order valence-corrected chi connectivity index (χ0v) is 21.0. The Morgan fingerprint density at radius 2 is 1.89 bits per heavy atom. The summed E-state index contributed by atoms with van der Waals surface area (Å²) in [6.45, 7) is 7.47. The Morgan fingerprint density at radius 3 is 2.62 bits per heavy atom. The quantitative estimate of drug-likeness (QED) is 0.155. The topological polar surface area (TPSA) is 57.9 Å². The summed E-state index contributed by atoms with van der Waals surface area (Å²) in [5.74, 6) is 0.0997. The number of esters is 1. The van der Waals surface area contributed by atoms with Crippen LogP contribution in [0.3, 0.4) is 0 Å². The lowest BCUT2D eigenvalue weighted by Crippen LogP contribution is -2.27. The molecular formula is C29H31F3O5. The van der Waals surface area contributed by atoms with Crippen molar-refractivity contribution in [2.24, 2.45) is 5.92 Å². The van der Waals surface area contributed by atoms with Crippen LogP contribution in [-0.4, -0.2) is 24.5 Å². The van der Waals surface area contributed by atoms with Crippen LogP contribution in [-0.2, 0) is 16.0 Å². The average molecular weight is 517 g/mol. The summed E-state index contributed by atoms with van der Waals surface area (Å²) in [6, 6.07) is 11.9. The highest BCUT2D eigenvalue weighted by molar-refractivity contribution is 5.85. The van der Waals surface area contributed by atoms with Crippen LogP contribution in [0.5, 0.6) is 11.5 Å². The molecule has 1 aromatic heterocycles. The standard InChI is InChI=1S/C29H31F3O5/c1-4-6-7-8-19-9-12-22(27(15-19)37-29(30,31)32)26-16-20-10-11-21(17-25(20)35-26)34-23-13-14-24(18(23)3)36-28(33)5-2/h5,9-12,15-18,23-24H,2,4,6-8,13-14H2,1,3H3. The number of hydrogen-bond acceptors (Lipinski definition) is 5. The first kappa shape index (κ1) is 26.6. The molecule has 1 aliphatic rings. The zero-order valence-electron chi connectivity index (χ0n) is 21.0. The van der Waals surface area contributed by atoms with Crippen molar-refractivity contribution in [2.45, 2.75) is 70.9 Å². The van der Waals surface area contributed by atoms with Gasteiger partial charge in [0.1, 0.15) is 35.1 Å². The third-order valence-corrected chi connectivity index (χ3v) is 6.73. The average Bonchev–Trinajstić information content (AvgIpc) is 3.41. The maximum atomic E-state index is 13.2. The van der Waals surface area contributed by atoms with Gasteiger partial charge in [0.15, 0.2) is 0 Å². The molecule has 1 heterocycles. The maximum Gasteiger partial charge on any atom is 0.573 e. The molecule has 5 nitrogen and oxygen atoms in total. The van der Waals surface area contributed by atoms with Gasteiger partial charge in [-0.15, -0.1) is 13.2 Å². The molecule has 0 N–H and O–H groups in total. The summed E-state index contributed by atoms with van der Waals surface area (Å²) >= 11 is 0. The van der Waals surface area contributed by atoms with Gasteiger partial charge in [0.2, 0.25) is 0 Å². The number of fused-ring (bicyclic) bond motifs is 1. The molecule has 0 spiro atoms. The summed E-state index contributed by atoms with van der Waals surface area (Å²) in [6.07, 6.45) is 0.947. The molecule has 8 heteroatoms. The first-order valence-corrected chi connectivity index (χ1v) is 12.6. The van der Waals surface area contributed by atoms with E-state index in [2.05, 4.69) is 18.2 Å². The Morgan fingerprint density at radius 1 is 1.11 bits per heavy atom. The number of carbonyl (C=O) groups is 1. The molecule has 1 saturated carbocycles. The van der Waals surface area contributed by atoms with Crippen molar-refractivity contribution in [1.82, 2.24) is 0 Å². The van der Waals surface area contributed by atoms with Crippen molar-refractivity contribution in [1.29, 1.82) is 0 Å². The predicted octanol–water partition coefficient (Wildman–Crippen LogP) is 8.01. The van der Waals surface area contributed by atoms with Crippen LogP contribution >= 0.6 is 0 Å². The van der Waals surface area contributed by atoms with Crippen molar-refractivity contribution < 1.29 is 36.6 Å². The van der Waals surface area contributed by atoms with Gasteiger partial charge in [-0.3, -0.25) is 0 Å². The lowest BCUT2D eigenvalue weighted by molar-refractivity contribution is -0.274. The fraction of sp³-hybridized carbons (Fsp3) is 0.414. The Hall–Kier alpha value is -3.42. The third kappa shape index (κ3) is 6.67. The number of unbranched alkanes of at least 4 members (excludes halogenated alkanes) is 2. The van der Waals surface area contributed by atoms with Gasteiger partial charge in [-0.25, -0.2) is 4.79 Å². The second-order valence-electron chi connectivity index (χ2n) is 9.42. The molecule has 0 radical (unpaired) electrons. The maximum absolute atomic E-state index is 13.2. The van der Waals surface area contributed by atoms with Crippen molar-refractivity contribution in [3.05, 3.63) is 60.7 Å². The molecule has 0 saturated heterocycles. The fourth-order valence-electron chi connectivity index (χ4n) is 4.73. The largest absolute Gasteiger partial charge is 0.573 e. The normalized spacial score (nSPS) is 19.6. The Labute approximate surface area is 214 Å². The molecule has 198 valence electrons.